The van der Waals surface area contributed by atoms with Crippen LogP contribution in [0.5, 0.6) is 0 Å². The van der Waals surface area contributed by atoms with Gasteiger partial charge in [0.1, 0.15) is 0 Å². The minimum atomic E-state index is -0.310. The molecule has 1 saturated heterocycles. The molecule has 0 atom stereocenters. The van der Waals surface area contributed by atoms with Crippen molar-refractivity contribution in [3.63, 3.8) is 0 Å². The van der Waals surface area contributed by atoms with E-state index >= 15 is 0 Å². The smallest absolute Gasteiger partial charge is 0.399 e. The van der Waals surface area contributed by atoms with Crippen molar-refractivity contribution in [1.29, 1.82) is 5.26 Å². The molecular weight excluding hydrogens is 237 g/mol. The summed E-state index contributed by atoms with van der Waals surface area (Å²) in [5.41, 5.74) is 1.58. The number of hydrogen-bond acceptors (Lipinski definition) is 3. The topological polar surface area (TPSA) is 42.2 Å². The third-order valence-corrected chi connectivity index (χ3v) is 4.03. The predicted molar refractivity (Wildman–Crippen MR) is 76.1 cm³/mol. The average molecular weight is 257 g/mol. The molecule has 1 aromatic rings. The fourth-order valence-electron chi connectivity index (χ4n) is 2.02. The lowest BCUT2D eigenvalue weighted by Crippen LogP contribution is -2.41. The van der Waals surface area contributed by atoms with Gasteiger partial charge in [0.15, 0.2) is 0 Å². The van der Waals surface area contributed by atoms with E-state index in [0.29, 0.717) is 6.42 Å². The molecule has 1 heterocycles. The summed E-state index contributed by atoms with van der Waals surface area (Å²) in [6, 6.07) is 10.3. The Kier molecular flexibility index (Phi) is 3.71. The maximum absolute atomic E-state index is 8.58. The first-order valence-corrected chi connectivity index (χ1v) is 6.67. The summed E-state index contributed by atoms with van der Waals surface area (Å²) < 4.78 is 12.0. The quantitative estimate of drug-likeness (QED) is 0.781. The molecule has 0 radical (unpaired) electrons. The minimum Gasteiger partial charge on any atom is -0.399 e. The van der Waals surface area contributed by atoms with Gasteiger partial charge in [-0.05, 0) is 45.1 Å². The van der Waals surface area contributed by atoms with E-state index in [-0.39, 0.29) is 18.3 Å². The molecule has 0 aliphatic carbocycles. The summed E-state index contributed by atoms with van der Waals surface area (Å²) in [7, 11) is -0.310. The molecule has 19 heavy (non-hydrogen) atoms. The second-order valence-corrected chi connectivity index (χ2v) is 5.99. The maximum atomic E-state index is 8.58. The zero-order valence-electron chi connectivity index (χ0n) is 12.1. The summed E-state index contributed by atoms with van der Waals surface area (Å²) >= 11 is 0. The molecule has 0 bridgehead atoms. The number of benzene rings is 1. The van der Waals surface area contributed by atoms with Crippen molar-refractivity contribution in [3.8, 4) is 6.07 Å². The van der Waals surface area contributed by atoms with Crippen LogP contribution in [-0.2, 0) is 15.7 Å². The molecule has 1 aliphatic heterocycles. The van der Waals surface area contributed by atoms with Gasteiger partial charge in [-0.25, -0.2) is 0 Å². The third-order valence-electron chi connectivity index (χ3n) is 4.03. The van der Waals surface area contributed by atoms with Gasteiger partial charge in [0.05, 0.1) is 17.3 Å². The summed E-state index contributed by atoms with van der Waals surface area (Å²) in [4.78, 5) is 0. The van der Waals surface area contributed by atoms with Gasteiger partial charge in [0.25, 0.3) is 0 Å². The highest BCUT2D eigenvalue weighted by molar-refractivity contribution is 6.62. The number of nitrogens with zero attached hydrogens (tertiary/aromatic N) is 1. The minimum absolute atomic E-state index is 0.308. The van der Waals surface area contributed by atoms with Gasteiger partial charge in [0, 0.05) is 6.42 Å². The van der Waals surface area contributed by atoms with E-state index in [2.05, 4.69) is 6.07 Å². The molecule has 0 spiro atoms. The van der Waals surface area contributed by atoms with E-state index in [1.807, 2.05) is 52.0 Å². The van der Waals surface area contributed by atoms with Crippen molar-refractivity contribution in [1.82, 2.24) is 0 Å². The number of aryl methyl sites for hydroxylation is 1. The molecule has 0 amide bonds. The van der Waals surface area contributed by atoms with Gasteiger partial charge in [-0.15, -0.1) is 0 Å². The van der Waals surface area contributed by atoms with Crippen LogP contribution in [0.25, 0.3) is 0 Å². The monoisotopic (exact) mass is 257 g/mol. The molecule has 1 aliphatic rings. The van der Waals surface area contributed by atoms with Crippen molar-refractivity contribution in [2.75, 3.05) is 0 Å². The summed E-state index contributed by atoms with van der Waals surface area (Å²) in [6.07, 6.45) is 1.34. The van der Waals surface area contributed by atoms with Gasteiger partial charge in [0.2, 0.25) is 0 Å². The van der Waals surface area contributed by atoms with Gasteiger partial charge in [-0.3, -0.25) is 0 Å². The second-order valence-electron chi connectivity index (χ2n) is 5.99. The Bertz CT molecular complexity index is 472. The van der Waals surface area contributed by atoms with E-state index in [0.717, 1.165) is 11.9 Å². The van der Waals surface area contributed by atoms with Gasteiger partial charge in [-0.1, -0.05) is 24.3 Å². The molecule has 0 unspecified atom stereocenters. The lowest BCUT2D eigenvalue weighted by Gasteiger charge is -2.32. The van der Waals surface area contributed by atoms with Crippen molar-refractivity contribution < 1.29 is 9.31 Å². The lowest BCUT2D eigenvalue weighted by molar-refractivity contribution is 0.00578. The Morgan fingerprint density at radius 1 is 1.05 bits per heavy atom. The fraction of sp³-hybridized carbons (Fsp3) is 0.533. The van der Waals surface area contributed by atoms with Crippen molar-refractivity contribution >= 4 is 12.6 Å². The highest BCUT2D eigenvalue weighted by atomic mass is 16.7. The zero-order valence-corrected chi connectivity index (χ0v) is 12.1. The Balaban J connectivity index is 2.10. The molecule has 100 valence electrons. The van der Waals surface area contributed by atoms with Crippen LogP contribution < -0.4 is 5.46 Å². The molecule has 4 heteroatoms. The molecule has 0 aromatic heterocycles. The highest BCUT2D eigenvalue weighted by Gasteiger charge is 2.51. The Morgan fingerprint density at radius 3 is 2.05 bits per heavy atom. The van der Waals surface area contributed by atoms with Gasteiger partial charge >= 0.3 is 7.12 Å². The van der Waals surface area contributed by atoms with Gasteiger partial charge < -0.3 is 9.31 Å². The first kappa shape index (κ1) is 14.1. The first-order chi connectivity index (χ1) is 8.86. The molecule has 0 N–H and O–H groups in total. The summed E-state index contributed by atoms with van der Waals surface area (Å²) in [5, 5.41) is 8.58. The van der Waals surface area contributed by atoms with Crippen LogP contribution in [0.2, 0.25) is 0 Å². The average Bonchev–Trinajstić information content (AvgIpc) is 2.56. The molecular formula is C15H20BNO2. The maximum Gasteiger partial charge on any atom is 0.494 e. The standard InChI is InChI=1S/C15H20BNO2/c1-14(2)15(3,4)19-16(18-14)13-9-7-12(8-10-13)6-5-11-17/h7-10H,5-6H2,1-4H3. The van der Waals surface area contributed by atoms with Crippen LogP contribution >= 0.6 is 0 Å². The third kappa shape index (κ3) is 2.83. The fourth-order valence-corrected chi connectivity index (χ4v) is 2.02. The van der Waals surface area contributed by atoms with Crippen LogP contribution in [0.1, 0.15) is 39.7 Å². The Hall–Kier alpha value is -1.31. The van der Waals surface area contributed by atoms with Crippen molar-refractivity contribution in [3.05, 3.63) is 29.8 Å². The van der Waals surface area contributed by atoms with E-state index in [1.165, 1.54) is 5.56 Å². The second kappa shape index (κ2) is 4.99. The Morgan fingerprint density at radius 2 is 1.58 bits per heavy atom. The van der Waals surface area contributed by atoms with Crippen LogP contribution in [0.3, 0.4) is 0 Å². The predicted octanol–water partition coefficient (Wildman–Crippen LogP) is 2.44. The number of hydrogen-bond donors (Lipinski definition) is 0. The van der Waals surface area contributed by atoms with Crippen LogP contribution in [0.4, 0.5) is 0 Å². The van der Waals surface area contributed by atoms with Crippen LogP contribution in [-0.4, -0.2) is 18.3 Å². The van der Waals surface area contributed by atoms with Crippen molar-refractivity contribution in [2.45, 2.75) is 51.7 Å². The first-order valence-electron chi connectivity index (χ1n) is 6.67. The largest absolute Gasteiger partial charge is 0.494 e. The van der Waals surface area contributed by atoms with E-state index in [1.54, 1.807) is 0 Å². The summed E-state index contributed by atoms with van der Waals surface area (Å²) in [6.45, 7) is 8.20. The SMILES string of the molecule is CC1(C)OB(c2ccc(CCC#N)cc2)OC1(C)C. The van der Waals surface area contributed by atoms with E-state index in [9.17, 15) is 0 Å². The normalized spacial score (nSPS) is 20.3. The lowest BCUT2D eigenvalue weighted by atomic mass is 9.79. The molecule has 0 saturated carbocycles. The molecule has 2 rings (SSSR count). The molecule has 1 fully saturated rings. The van der Waals surface area contributed by atoms with Crippen LogP contribution in [0, 0.1) is 11.3 Å². The number of rotatable bonds is 3. The molecule has 3 nitrogen and oxygen atoms in total. The Labute approximate surface area is 115 Å². The highest BCUT2D eigenvalue weighted by Crippen LogP contribution is 2.36. The summed E-state index contributed by atoms with van der Waals surface area (Å²) in [5.74, 6) is 0. The van der Waals surface area contributed by atoms with Crippen molar-refractivity contribution in [2.24, 2.45) is 0 Å². The van der Waals surface area contributed by atoms with Crippen LogP contribution in [0.15, 0.2) is 24.3 Å². The number of nitriles is 1. The molecule has 1 aromatic carbocycles. The van der Waals surface area contributed by atoms with E-state index < -0.39 is 0 Å². The van der Waals surface area contributed by atoms with E-state index in [4.69, 9.17) is 14.6 Å². The van der Waals surface area contributed by atoms with Gasteiger partial charge in [-0.2, -0.15) is 5.26 Å². The zero-order chi connectivity index (χ0) is 14.1.